The van der Waals surface area contributed by atoms with Crippen LogP contribution < -0.4 is 10.6 Å². The molecule has 0 aromatic heterocycles. The number of benzene rings is 2. The number of halogens is 1. The summed E-state index contributed by atoms with van der Waals surface area (Å²) in [6.07, 6.45) is 0. The monoisotopic (exact) mass is 403 g/mol. The Balaban J connectivity index is 2.00. The number of rotatable bonds is 0. The number of anilines is 2. The third kappa shape index (κ3) is 1.64. The molecule has 3 aliphatic heterocycles. The molecule has 2 spiro atoms. The number of nitrogens with zero attached hydrogens (tertiary/aromatic N) is 3. The second-order valence-electron chi connectivity index (χ2n) is 7.59. The van der Waals surface area contributed by atoms with E-state index in [4.69, 9.17) is 11.6 Å². The van der Waals surface area contributed by atoms with Crippen LogP contribution in [0.2, 0.25) is 5.02 Å². The maximum absolute atomic E-state index is 13.7. The van der Waals surface area contributed by atoms with E-state index in [1.54, 1.807) is 54.4 Å². The lowest BCUT2D eigenvalue weighted by atomic mass is 9.54. The second-order valence-corrected chi connectivity index (χ2v) is 8.03. The van der Waals surface area contributed by atoms with Crippen molar-refractivity contribution >= 4 is 34.8 Å². The maximum Gasteiger partial charge on any atom is 0.251 e. The number of likely N-dealkylation sites (N-methyl/N-ethyl adjacent to an activating group) is 1. The zero-order valence-electron chi connectivity index (χ0n) is 15.3. The number of likely N-dealkylation sites (tertiary alicyclic amines) is 1. The molecular weight excluding hydrogens is 390 g/mol. The van der Waals surface area contributed by atoms with E-state index < -0.39 is 28.2 Å². The summed E-state index contributed by atoms with van der Waals surface area (Å²) in [7, 11) is 1.65. The Bertz CT molecular complexity index is 1200. The summed E-state index contributed by atoms with van der Waals surface area (Å²) in [5.41, 5.74) is -3.22. The maximum atomic E-state index is 13.7. The van der Waals surface area contributed by atoms with Crippen molar-refractivity contribution in [3.63, 3.8) is 0 Å². The highest BCUT2D eigenvalue weighted by atomic mass is 35.5. The molecule has 1 saturated heterocycles. The molecular formula is C21H14ClN5O2. The molecule has 1 fully saturated rings. The molecule has 0 unspecified atom stereocenters. The number of carbonyl (C=O) groups excluding carboxylic acids is 2. The van der Waals surface area contributed by atoms with Crippen molar-refractivity contribution < 1.29 is 9.59 Å². The second kappa shape index (κ2) is 5.36. The summed E-state index contributed by atoms with van der Waals surface area (Å²) >= 11 is 6.26. The minimum absolute atomic E-state index is 0.0822. The molecule has 2 aromatic carbocycles. The van der Waals surface area contributed by atoms with E-state index in [1.807, 2.05) is 0 Å². The first-order valence-electron chi connectivity index (χ1n) is 8.95. The molecule has 2 N–H and O–H groups in total. The first-order chi connectivity index (χ1) is 13.9. The van der Waals surface area contributed by atoms with Crippen LogP contribution in [-0.4, -0.2) is 30.3 Å². The Morgan fingerprint density at radius 1 is 1.00 bits per heavy atom. The van der Waals surface area contributed by atoms with Crippen molar-refractivity contribution in [2.75, 3.05) is 24.2 Å². The van der Waals surface area contributed by atoms with Crippen molar-refractivity contribution in [3.8, 4) is 12.1 Å². The molecule has 2 amide bonds. The summed E-state index contributed by atoms with van der Waals surface area (Å²) in [5, 5.41) is 26.4. The van der Waals surface area contributed by atoms with Crippen molar-refractivity contribution in [1.82, 2.24) is 4.90 Å². The van der Waals surface area contributed by atoms with Crippen LogP contribution in [0.25, 0.3) is 0 Å². The van der Waals surface area contributed by atoms with Crippen LogP contribution in [-0.2, 0) is 20.5 Å². The quantitative estimate of drug-likeness (QED) is 0.701. The molecule has 0 aliphatic carbocycles. The molecule has 29 heavy (non-hydrogen) atoms. The number of carbonyl (C=O) groups is 2. The zero-order valence-corrected chi connectivity index (χ0v) is 16.0. The Hall–Kier alpha value is -3.39. The van der Waals surface area contributed by atoms with E-state index in [2.05, 4.69) is 22.8 Å². The van der Waals surface area contributed by atoms with Crippen LogP contribution >= 0.6 is 11.6 Å². The summed E-state index contributed by atoms with van der Waals surface area (Å²) < 4.78 is 0. The van der Waals surface area contributed by atoms with E-state index in [-0.39, 0.29) is 6.54 Å². The van der Waals surface area contributed by atoms with E-state index in [9.17, 15) is 20.1 Å². The number of hydrogen-bond donors (Lipinski definition) is 2. The van der Waals surface area contributed by atoms with Crippen LogP contribution in [0.3, 0.4) is 0 Å². The SMILES string of the molecule is CN1CC(C#N)(C#N)[C@@]2(C(=O)Nc3ccccc32)[C@]12C(=O)Nc1ccc(Cl)cc12. The van der Waals surface area contributed by atoms with Crippen LogP contribution in [0.4, 0.5) is 11.4 Å². The van der Waals surface area contributed by atoms with Crippen molar-refractivity contribution in [2.24, 2.45) is 5.41 Å². The lowest BCUT2D eigenvalue weighted by molar-refractivity contribution is -0.137. The van der Waals surface area contributed by atoms with Crippen molar-refractivity contribution in [1.29, 1.82) is 10.5 Å². The van der Waals surface area contributed by atoms with Crippen LogP contribution in [0.5, 0.6) is 0 Å². The predicted octanol–water partition coefficient (Wildman–Crippen LogP) is 2.36. The smallest absolute Gasteiger partial charge is 0.251 e. The van der Waals surface area contributed by atoms with Crippen molar-refractivity contribution in [3.05, 3.63) is 58.6 Å². The molecule has 0 saturated carbocycles. The van der Waals surface area contributed by atoms with Crippen LogP contribution in [0, 0.1) is 28.1 Å². The fraction of sp³-hybridized carbons (Fsp3) is 0.238. The normalized spacial score (nSPS) is 28.6. The molecule has 0 bridgehead atoms. The number of para-hydroxylation sites is 1. The highest BCUT2D eigenvalue weighted by Crippen LogP contribution is 2.67. The molecule has 142 valence electrons. The molecule has 3 heterocycles. The summed E-state index contributed by atoms with van der Waals surface area (Å²) in [4.78, 5) is 28.9. The lowest BCUT2D eigenvalue weighted by Gasteiger charge is -2.43. The van der Waals surface area contributed by atoms with Crippen LogP contribution in [0.1, 0.15) is 11.1 Å². The average molecular weight is 404 g/mol. The van der Waals surface area contributed by atoms with Gasteiger partial charge in [0.2, 0.25) is 5.91 Å². The van der Waals surface area contributed by atoms with Gasteiger partial charge in [-0.1, -0.05) is 29.8 Å². The number of nitriles is 2. The predicted molar refractivity (Wildman–Crippen MR) is 105 cm³/mol. The Labute approximate surface area is 171 Å². The van der Waals surface area contributed by atoms with Gasteiger partial charge in [0.05, 0.1) is 12.1 Å². The van der Waals surface area contributed by atoms with Gasteiger partial charge in [0.1, 0.15) is 11.0 Å². The van der Waals surface area contributed by atoms with Gasteiger partial charge in [0.25, 0.3) is 5.91 Å². The Morgan fingerprint density at radius 2 is 1.66 bits per heavy atom. The van der Waals surface area contributed by atoms with Gasteiger partial charge in [-0.3, -0.25) is 14.5 Å². The third-order valence-electron chi connectivity index (χ3n) is 6.48. The molecule has 3 aliphatic rings. The van der Waals surface area contributed by atoms with Gasteiger partial charge in [0.15, 0.2) is 5.41 Å². The van der Waals surface area contributed by atoms with E-state index >= 15 is 0 Å². The highest BCUT2D eigenvalue weighted by Gasteiger charge is 2.82. The molecule has 0 radical (unpaired) electrons. The standard InChI is InChI=1S/C21H14ClN5O2/c1-27-11-19(9-23,10-24)20(13-4-2-3-5-15(13)25-17(20)28)21(27)14-8-12(22)6-7-16(14)26-18(21)29/h2-8H,11H2,1H3,(H,25,28)(H,26,29)/t20-,21+/m1/s1. The number of hydrogen-bond acceptors (Lipinski definition) is 5. The van der Waals surface area contributed by atoms with E-state index in [0.717, 1.165) is 0 Å². The summed E-state index contributed by atoms with van der Waals surface area (Å²) in [6.45, 7) is -0.0822. The first-order valence-corrected chi connectivity index (χ1v) is 9.33. The summed E-state index contributed by atoms with van der Waals surface area (Å²) in [5.74, 6) is -1.01. The van der Waals surface area contributed by atoms with Gasteiger partial charge < -0.3 is 10.6 Å². The molecule has 5 rings (SSSR count). The van der Waals surface area contributed by atoms with Gasteiger partial charge in [-0.25, -0.2) is 0 Å². The number of fused-ring (bicyclic) bond motifs is 5. The lowest BCUT2D eigenvalue weighted by Crippen LogP contribution is -2.63. The molecule has 2 aromatic rings. The third-order valence-corrected chi connectivity index (χ3v) is 6.71. The van der Waals surface area contributed by atoms with Gasteiger partial charge in [-0.05, 0) is 36.9 Å². The first kappa shape index (κ1) is 17.7. The van der Waals surface area contributed by atoms with Crippen LogP contribution in [0.15, 0.2) is 42.5 Å². The van der Waals surface area contributed by atoms with E-state index in [0.29, 0.717) is 27.5 Å². The topological polar surface area (TPSA) is 109 Å². The minimum Gasteiger partial charge on any atom is -0.325 e. The van der Waals surface area contributed by atoms with Gasteiger partial charge in [0, 0.05) is 28.5 Å². The minimum atomic E-state index is -1.79. The Morgan fingerprint density at radius 3 is 2.38 bits per heavy atom. The van der Waals surface area contributed by atoms with Gasteiger partial charge in [-0.15, -0.1) is 0 Å². The Kier molecular flexibility index (Phi) is 3.27. The molecule has 8 heteroatoms. The molecule has 7 nitrogen and oxygen atoms in total. The average Bonchev–Trinajstić information content (AvgIpc) is 3.26. The summed E-state index contributed by atoms with van der Waals surface area (Å²) in [6, 6.07) is 16.0. The number of amides is 2. The van der Waals surface area contributed by atoms with Crippen molar-refractivity contribution in [2.45, 2.75) is 11.0 Å². The fourth-order valence-electron chi connectivity index (χ4n) is 5.50. The fourth-order valence-corrected chi connectivity index (χ4v) is 5.68. The highest BCUT2D eigenvalue weighted by molar-refractivity contribution is 6.31. The molecule has 2 atom stereocenters. The van der Waals surface area contributed by atoms with E-state index in [1.165, 1.54) is 0 Å². The largest absolute Gasteiger partial charge is 0.325 e. The zero-order chi connectivity index (χ0) is 20.6. The van der Waals surface area contributed by atoms with Gasteiger partial charge >= 0.3 is 0 Å². The van der Waals surface area contributed by atoms with Gasteiger partial charge in [-0.2, -0.15) is 10.5 Å². The number of nitrogens with one attached hydrogen (secondary N) is 2.